The molecule has 3 N–H and O–H groups in total. The van der Waals surface area contributed by atoms with Gasteiger partial charge in [0.15, 0.2) is 0 Å². The second-order valence-corrected chi connectivity index (χ2v) is 5.66. The monoisotopic (exact) mass is 322 g/mol. The van der Waals surface area contributed by atoms with E-state index in [1.165, 1.54) is 0 Å². The van der Waals surface area contributed by atoms with Crippen LogP contribution in [0.2, 0.25) is 10.0 Å². The number of hydrogen-bond acceptors (Lipinski definition) is 2. The molecule has 2 aromatic carbocycles. The van der Waals surface area contributed by atoms with E-state index in [0.717, 1.165) is 11.1 Å². The summed E-state index contributed by atoms with van der Waals surface area (Å²) in [6, 6.07) is 10.6. The van der Waals surface area contributed by atoms with Gasteiger partial charge in [-0.1, -0.05) is 29.3 Å². The second-order valence-electron chi connectivity index (χ2n) is 4.82. The zero-order chi connectivity index (χ0) is 15.4. The first-order valence-electron chi connectivity index (χ1n) is 6.55. The van der Waals surface area contributed by atoms with Crippen molar-refractivity contribution in [3.05, 3.63) is 63.1 Å². The molecule has 0 saturated carbocycles. The number of nitrogens with two attached hydrogens (primary N) is 1. The van der Waals surface area contributed by atoms with Crippen LogP contribution in [0, 0.1) is 6.92 Å². The van der Waals surface area contributed by atoms with Crippen molar-refractivity contribution in [1.82, 2.24) is 5.32 Å². The largest absolute Gasteiger partial charge is 0.399 e. The van der Waals surface area contributed by atoms with Gasteiger partial charge in [0.2, 0.25) is 0 Å². The van der Waals surface area contributed by atoms with E-state index in [1.807, 2.05) is 13.0 Å². The van der Waals surface area contributed by atoms with Gasteiger partial charge >= 0.3 is 0 Å². The highest BCUT2D eigenvalue weighted by molar-refractivity contribution is 6.35. The minimum absolute atomic E-state index is 0.113. The van der Waals surface area contributed by atoms with E-state index in [4.69, 9.17) is 28.9 Å². The lowest BCUT2D eigenvalue weighted by molar-refractivity contribution is 0.0953. The standard InChI is InChI=1S/C16H16Cl2N2O/c1-10-8-13(19)4-5-14(10)16(21)20-7-6-11-2-3-12(17)9-15(11)18/h2-5,8-9H,6-7,19H2,1H3,(H,20,21). The molecule has 0 aliphatic carbocycles. The number of benzene rings is 2. The Bertz CT molecular complexity index is 671. The van der Waals surface area contributed by atoms with Crippen LogP contribution in [0.5, 0.6) is 0 Å². The quantitative estimate of drug-likeness (QED) is 0.840. The van der Waals surface area contributed by atoms with Crippen LogP contribution in [0.1, 0.15) is 21.5 Å². The molecule has 0 aliphatic rings. The summed E-state index contributed by atoms with van der Waals surface area (Å²) in [6.45, 7) is 2.37. The lowest BCUT2D eigenvalue weighted by Crippen LogP contribution is -2.26. The fourth-order valence-electron chi connectivity index (χ4n) is 2.07. The van der Waals surface area contributed by atoms with Crippen molar-refractivity contribution in [1.29, 1.82) is 0 Å². The number of halogens is 2. The predicted molar refractivity (Wildman–Crippen MR) is 88.1 cm³/mol. The van der Waals surface area contributed by atoms with Crippen LogP contribution in [0.25, 0.3) is 0 Å². The molecule has 2 aromatic rings. The average molecular weight is 323 g/mol. The summed E-state index contributed by atoms with van der Waals surface area (Å²) in [4.78, 5) is 12.1. The summed E-state index contributed by atoms with van der Waals surface area (Å²) in [5.74, 6) is -0.113. The van der Waals surface area contributed by atoms with Crippen molar-refractivity contribution < 1.29 is 4.79 Å². The van der Waals surface area contributed by atoms with Crippen molar-refractivity contribution in [3.63, 3.8) is 0 Å². The van der Waals surface area contributed by atoms with Gasteiger partial charge in [0.25, 0.3) is 5.91 Å². The van der Waals surface area contributed by atoms with Gasteiger partial charge in [0.05, 0.1) is 0 Å². The molecule has 0 aliphatic heterocycles. The summed E-state index contributed by atoms with van der Waals surface area (Å²) in [5, 5.41) is 4.09. The Balaban J connectivity index is 1.95. The number of rotatable bonds is 4. The minimum Gasteiger partial charge on any atom is -0.399 e. The van der Waals surface area contributed by atoms with Crippen molar-refractivity contribution >= 4 is 34.8 Å². The van der Waals surface area contributed by atoms with Gasteiger partial charge in [-0.25, -0.2) is 0 Å². The third-order valence-electron chi connectivity index (χ3n) is 3.19. The fraction of sp³-hybridized carbons (Fsp3) is 0.188. The smallest absolute Gasteiger partial charge is 0.251 e. The summed E-state index contributed by atoms with van der Waals surface area (Å²) in [7, 11) is 0. The van der Waals surface area contributed by atoms with Crippen molar-refractivity contribution in [2.75, 3.05) is 12.3 Å². The molecule has 21 heavy (non-hydrogen) atoms. The Hall–Kier alpha value is -1.71. The maximum atomic E-state index is 12.1. The number of nitrogens with one attached hydrogen (secondary N) is 1. The summed E-state index contributed by atoms with van der Waals surface area (Å²) in [5.41, 5.74) is 8.77. The van der Waals surface area contributed by atoms with Crippen LogP contribution in [0.4, 0.5) is 5.69 Å². The Morgan fingerprint density at radius 1 is 1.19 bits per heavy atom. The number of nitrogen functional groups attached to an aromatic ring is 1. The molecule has 0 spiro atoms. The van der Waals surface area contributed by atoms with E-state index in [9.17, 15) is 4.79 Å². The number of amides is 1. The maximum Gasteiger partial charge on any atom is 0.251 e. The van der Waals surface area contributed by atoms with Gasteiger partial charge in [-0.3, -0.25) is 4.79 Å². The molecule has 0 radical (unpaired) electrons. The molecular formula is C16H16Cl2N2O. The number of hydrogen-bond donors (Lipinski definition) is 2. The minimum atomic E-state index is -0.113. The number of carbonyl (C=O) groups is 1. The summed E-state index contributed by atoms with van der Waals surface area (Å²) >= 11 is 11.9. The van der Waals surface area contributed by atoms with E-state index in [0.29, 0.717) is 34.3 Å². The van der Waals surface area contributed by atoms with Crippen LogP contribution in [-0.4, -0.2) is 12.5 Å². The summed E-state index contributed by atoms with van der Waals surface area (Å²) in [6.07, 6.45) is 0.649. The van der Waals surface area contributed by atoms with Crippen molar-refractivity contribution in [2.24, 2.45) is 0 Å². The van der Waals surface area contributed by atoms with Crippen molar-refractivity contribution in [2.45, 2.75) is 13.3 Å². The Morgan fingerprint density at radius 2 is 1.95 bits per heavy atom. The van der Waals surface area contributed by atoms with E-state index in [-0.39, 0.29) is 5.91 Å². The molecular weight excluding hydrogens is 307 g/mol. The first-order chi connectivity index (χ1) is 9.97. The van der Waals surface area contributed by atoms with Crippen LogP contribution < -0.4 is 11.1 Å². The number of carbonyl (C=O) groups excluding carboxylic acids is 1. The van der Waals surface area contributed by atoms with Crippen LogP contribution in [0.15, 0.2) is 36.4 Å². The van der Waals surface area contributed by atoms with Crippen LogP contribution in [0.3, 0.4) is 0 Å². The van der Waals surface area contributed by atoms with Gasteiger partial charge in [0, 0.05) is 27.8 Å². The lowest BCUT2D eigenvalue weighted by Gasteiger charge is -2.09. The average Bonchev–Trinajstić information content (AvgIpc) is 2.41. The molecule has 2 rings (SSSR count). The Labute approximate surface area is 134 Å². The molecule has 5 heteroatoms. The molecule has 0 unspecified atom stereocenters. The molecule has 3 nitrogen and oxygen atoms in total. The number of anilines is 1. The van der Waals surface area contributed by atoms with Gasteiger partial charge in [-0.15, -0.1) is 0 Å². The molecule has 0 aromatic heterocycles. The van der Waals surface area contributed by atoms with E-state index in [2.05, 4.69) is 5.32 Å². The third kappa shape index (κ3) is 4.13. The third-order valence-corrected chi connectivity index (χ3v) is 3.78. The van der Waals surface area contributed by atoms with Gasteiger partial charge < -0.3 is 11.1 Å². The first-order valence-corrected chi connectivity index (χ1v) is 7.31. The molecule has 1 amide bonds. The highest BCUT2D eigenvalue weighted by Crippen LogP contribution is 2.21. The second kappa shape index (κ2) is 6.83. The maximum absolute atomic E-state index is 12.1. The molecule has 0 bridgehead atoms. The van der Waals surface area contributed by atoms with Crippen molar-refractivity contribution in [3.8, 4) is 0 Å². The van der Waals surface area contributed by atoms with Crippen LogP contribution >= 0.6 is 23.2 Å². The molecule has 0 heterocycles. The van der Waals surface area contributed by atoms with E-state index >= 15 is 0 Å². The van der Waals surface area contributed by atoms with Gasteiger partial charge in [-0.05, 0) is 54.8 Å². The Kier molecular flexibility index (Phi) is 5.10. The Morgan fingerprint density at radius 3 is 2.62 bits per heavy atom. The SMILES string of the molecule is Cc1cc(N)ccc1C(=O)NCCc1ccc(Cl)cc1Cl. The normalized spacial score (nSPS) is 10.4. The highest BCUT2D eigenvalue weighted by atomic mass is 35.5. The fourth-order valence-corrected chi connectivity index (χ4v) is 2.57. The molecule has 0 fully saturated rings. The predicted octanol–water partition coefficient (Wildman–Crippen LogP) is 3.86. The highest BCUT2D eigenvalue weighted by Gasteiger charge is 2.09. The number of aryl methyl sites for hydroxylation is 1. The van der Waals surface area contributed by atoms with Gasteiger partial charge in [-0.2, -0.15) is 0 Å². The van der Waals surface area contributed by atoms with E-state index < -0.39 is 0 Å². The van der Waals surface area contributed by atoms with Gasteiger partial charge in [0.1, 0.15) is 0 Å². The molecule has 110 valence electrons. The topological polar surface area (TPSA) is 55.1 Å². The lowest BCUT2D eigenvalue weighted by atomic mass is 10.1. The molecule has 0 saturated heterocycles. The summed E-state index contributed by atoms with van der Waals surface area (Å²) < 4.78 is 0. The zero-order valence-electron chi connectivity index (χ0n) is 11.6. The zero-order valence-corrected chi connectivity index (χ0v) is 13.1. The van der Waals surface area contributed by atoms with E-state index in [1.54, 1.807) is 30.3 Å². The molecule has 0 atom stereocenters. The first kappa shape index (κ1) is 15.7. The van der Waals surface area contributed by atoms with Crippen LogP contribution in [-0.2, 0) is 6.42 Å².